The van der Waals surface area contributed by atoms with E-state index in [1.807, 2.05) is 20.0 Å². The van der Waals surface area contributed by atoms with Gasteiger partial charge in [0.05, 0.1) is 6.54 Å². The van der Waals surface area contributed by atoms with Crippen LogP contribution in [0.2, 0.25) is 0 Å². The maximum Gasteiger partial charge on any atom is 0.223 e. The third kappa shape index (κ3) is 7.77. The number of nitrogens with zero attached hydrogens (tertiary/aromatic N) is 2. The third-order valence-electron chi connectivity index (χ3n) is 4.20. The number of halogens is 1. The Hall–Kier alpha value is -0.900. The van der Waals surface area contributed by atoms with Crippen LogP contribution in [0.15, 0.2) is 11.2 Å². The van der Waals surface area contributed by atoms with Crippen LogP contribution in [0.5, 0.6) is 0 Å². The summed E-state index contributed by atoms with van der Waals surface area (Å²) < 4.78 is 0. The highest BCUT2D eigenvalue weighted by Crippen LogP contribution is 2.24. The van der Waals surface area contributed by atoms with E-state index in [9.17, 15) is 4.79 Å². The van der Waals surface area contributed by atoms with E-state index in [-0.39, 0.29) is 47.9 Å². The zero-order valence-corrected chi connectivity index (χ0v) is 19.3. The van der Waals surface area contributed by atoms with Crippen LogP contribution in [-0.2, 0) is 11.3 Å². The summed E-state index contributed by atoms with van der Waals surface area (Å²) in [6.45, 7) is 9.52. The fourth-order valence-corrected chi connectivity index (χ4v) is 3.81. The molecule has 2 rings (SSSR count). The van der Waals surface area contributed by atoms with Crippen molar-refractivity contribution in [2.75, 3.05) is 6.54 Å². The van der Waals surface area contributed by atoms with E-state index in [1.54, 1.807) is 11.3 Å². The minimum Gasteiger partial charge on any atom is -0.357 e. The van der Waals surface area contributed by atoms with E-state index in [4.69, 9.17) is 0 Å². The minimum absolute atomic E-state index is 0. The number of aliphatic imine (C=N–C) groups is 1. The van der Waals surface area contributed by atoms with Crippen molar-refractivity contribution in [2.45, 2.75) is 72.0 Å². The Morgan fingerprint density at radius 2 is 2.19 bits per heavy atom. The maximum atomic E-state index is 12.3. The molecule has 1 aliphatic rings. The van der Waals surface area contributed by atoms with Crippen LogP contribution < -0.4 is 16.0 Å². The first-order chi connectivity index (χ1) is 12.0. The van der Waals surface area contributed by atoms with Crippen LogP contribution in [0.3, 0.4) is 0 Å². The first-order valence-electron chi connectivity index (χ1n) is 9.24. The van der Waals surface area contributed by atoms with Gasteiger partial charge < -0.3 is 16.0 Å². The summed E-state index contributed by atoms with van der Waals surface area (Å²) in [7, 11) is 0. The normalized spacial score (nSPS) is 20.4. The highest BCUT2D eigenvalue weighted by Gasteiger charge is 2.27. The van der Waals surface area contributed by atoms with E-state index in [0.717, 1.165) is 43.2 Å². The number of rotatable bonds is 6. The van der Waals surface area contributed by atoms with Crippen LogP contribution >= 0.6 is 35.3 Å². The molecule has 0 aromatic carbocycles. The maximum absolute atomic E-state index is 12.3. The topological polar surface area (TPSA) is 78.4 Å². The Labute approximate surface area is 178 Å². The van der Waals surface area contributed by atoms with Crippen molar-refractivity contribution >= 4 is 47.2 Å². The Balaban J connectivity index is 0.00000338. The van der Waals surface area contributed by atoms with Crippen molar-refractivity contribution in [3.63, 3.8) is 0 Å². The lowest BCUT2D eigenvalue weighted by Crippen LogP contribution is -2.47. The molecule has 2 unspecified atom stereocenters. The zero-order chi connectivity index (χ0) is 18.2. The second kappa shape index (κ2) is 11.7. The molecule has 26 heavy (non-hydrogen) atoms. The number of nitrogens with one attached hydrogen (secondary N) is 3. The summed E-state index contributed by atoms with van der Waals surface area (Å²) in [6.07, 6.45) is 5.86. The number of aryl methyl sites for hydroxylation is 1. The van der Waals surface area contributed by atoms with Gasteiger partial charge in [0.15, 0.2) is 5.96 Å². The van der Waals surface area contributed by atoms with Crippen LogP contribution in [0, 0.1) is 12.8 Å². The lowest BCUT2D eigenvalue weighted by Gasteiger charge is -2.30. The average Bonchev–Trinajstić information content (AvgIpc) is 2.98. The van der Waals surface area contributed by atoms with E-state index in [0.29, 0.717) is 6.54 Å². The van der Waals surface area contributed by atoms with Crippen molar-refractivity contribution in [3.05, 3.63) is 16.1 Å². The van der Waals surface area contributed by atoms with E-state index in [2.05, 4.69) is 39.8 Å². The molecule has 1 heterocycles. The van der Waals surface area contributed by atoms with E-state index >= 15 is 0 Å². The number of aromatic nitrogens is 1. The zero-order valence-electron chi connectivity index (χ0n) is 16.2. The number of carbonyl (C=O) groups excluding carboxylic acids is 1. The van der Waals surface area contributed by atoms with Crippen LogP contribution in [0.4, 0.5) is 0 Å². The summed E-state index contributed by atoms with van der Waals surface area (Å²) in [5.74, 6) is 1.09. The van der Waals surface area contributed by atoms with Gasteiger partial charge in [-0.3, -0.25) is 4.79 Å². The number of hydrogen-bond donors (Lipinski definition) is 3. The predicted octanol–water partition coefficient (Wildman–Crippen LogP) is 3.21. The minimum atomic E-state index is 0. The van der Waals surface area contributed by atoms with E-state index < -0.39 is 0 Å². The van der Waals surface area contributed by atoms with Crippen molar-refractivity contribution in [3.8, 4) is 0 Å². The number of guanidine groups is 1. The first kappa shape index (κ1) is 23.1. The highest BCUT2D eigenvalue weighted by atomic mass is 127. The number of thiazole rings is 1. The fraction of sp³-hybridized carbons (Fsp3) is 0.722. The summed E-state index contributed by atoms with van der Waals surface area (Å²) in [4.78, 5) is 22.5. The molecule has 3 N–H and O–H groups in total. The Morgan fingerprint density at radius 3 is 2.81 bits per heavy atom. The molecular formula is C18H32IN5OS. The van der Waals surface area contributed by atoms with Crippen LogP contribution in [0.1, 0.15) is 56.3 Å². The smallest absolute Gasteiger partial charge is 0.223 e. The molecule has 1 amide bonds. The van der Waals surface area contributed by atoms with Crippen molar-refractivity contribution in [1.29, 1.82) is 0 Å². The monoisotopic (exact) mass is 493 g/mol. The lowest BCUT2D eigenvalue weighted by molar-refractivity contribution is -0.126. The van der Waals surface area contributed by atoms with Gasteiger partial charge in [0, 0.05) is 35.6 Å². The predicted molar refractivity (Wildman–Crippen MR) is 119 cm³/mol. The Kier molecular flexibility index (Phi) is 10.4. The van der Waals surface area contributed by atoms with Gasteiger partial charge in [0.1, 0.15) is 5.01 Å². The van der Waals surface area contributed by atoms with Gasteiger partial charge in [-0.05, 0) is 47.0 Å². The van der Waals surface area contributed by atoms with Crippen molar-refractivity contribution < 1.29 is 4.79 Å². The Morgan fingerprint density at radius 1 is 1.42 bits per heavy atom. The summed E-state index contributed by atoms with van der Waals surface area (Å²) in [5.41, 5.74) is 0. The molecule has 0 saturated heterocycles. The van der Waals surface area contributed by atoms with Crippen molar-refractivity contribution in [2.24, 2.45) is 10.9 Å². The molecule has 1 saturated carbocycles. The molecule has 8 heteroatoms. The molecule has 0 bridgehead atoms. The van der Waals surface area contributed by atoms with Crippen LogP contribution in [0.25, 0.3) is 0 Å². The van der Waals surface area contributed by atoms with Gasteiger partial charge in [-0.25, -0.2) is 9.98 Å². The summed E-state index contributed by atoms with van der Waals surface area (Å²) in [5, 5.41) is 10.9. The Bertz CT molecular complexity index is 590. The molecular weight excluding hydrogens is 461 g/mol. The quantitative estimate of drug-likeness (QED) is 0.323. The van der Waals surface area contributed by atoms with Gasteiger partial charge >= 0.3 is 0 Å². The SMILES string of the molecule is CCNC(=NCc1ncc(C)s1)NC1CCCC(C(=O)NC(C)C)C1.I. The molecule has 0 aliphatic heterocycles. The summed E-state index contributed by atoms with van der Waals surface area (Å²) >= 11 is 1.68. The molecule has 1 aromatic heterocycles. The van der Waals surface area contributed by atoms with Gasteiger partial charge in [-0.1, -0.05) is 6.42 Å². The van der Waals surface area contributed by atoms with E-state index in [1.165, 1.54) is 4.88 Å². The van der Waals surface area contributed by atoms with Gasteiger partial charge in [-0.2, -0.15) is 0 Å². The third-order valence-corrected chi connectivity index (χ3v) is 5.10. The standard InChI is InChI=1S/C18H31N5OS.HI/c1-5-19-18(21-11-16-20-10-13(4)25-16)23-15-8-6-7-14(9-15)17(24)22-12(2)3;/h10,12,14-15H,5-9,11H2,1-4H3,(H,22,24)(H2,19,21,23);1H. The number of carbonyl (C=O) groups is 1. The number of hydrogen-bond acceptors (Lipinski definition) is 4. The largest absolute Gasteiger partial charge is 0.357 e. The average molecular weight is 493 g/mol. The fourth-order valence-electron chi connectivity index (χ4n) is 3.10. The molecule has 6 nitrogen and oxygen atoms in total. The number of amides is 1. The lowest BCUT2D eigenvalue weighted by atomic mass is 9.85. The van der Waals surface area contributed by atoms with Gasteiger partial charge in [0.2, 0.25) is 5.91 Å². The molecule has 0 radical (unpaired) electrons. The second-order valence-electron chi connectivity index (χ2n) is 6.93. The molecule has 1 aliphatic carbocycles. The van der Waals surface area contributed by atoms with Crippen molar-refractivity contribution in [1.82, 2.24) is 20.9 Å². The molecule has 2 atom stereocenters. The van der Waals surface area contributed by atoms with Crippen LogP contribution in [-0.4, -0.2) is 35.5 Å². The van der Waals surface area contributed by atoms with Gasteiger partial charge in [-0.15, -0.1) is 35.3 Å². The second-order valence-corrected chi connectivity index (χ2v) is 8.25. The highest BCUT2D eigenvalue weighted by molar-refractivity contribution is 14.0. The molecule has 1 aromatic rings. The summed E-state index contributed by atoms with van der Waals surface area (Å²) in [6, 6.07) is 0.481. The van der Waals surface area contributed by atoms with Gasteiger partial charge in [0.25, 0.3) is 0 Å². The molecule has 0 spiro atoms. The molecule has 148 valence electrons. The first-order valence-corrected chi connectivity index (χ1v) is 10.1. The molecule has 1 fully saturated rings.